The van der Waals surface area contributed by atoms with E-state index in [1.165, 1.54) is 5.56 Å². The lowest BCUT2D eigenvalue weighted by molar-refractivity contribution is 0.736. The largest absolute Gasteiger partial charge is 0.396 e. The fourth-order valence-electron chi connectivity index (χ4n) is 1.84. The molecule has 2 rings (SSSR count). The van der Waals surface area contributed by atoms with Crippen molar-refractivity contribution >= 4 is 18.1 Å². The molecule has 0 amide bonds. The molecule has 0 radical (unpaired) electrons. The van der Waals surface area contributed by atoms with Gasteiger partial charge in [0.05, 0.1) is 23.3 Å². The number of halogens is 1. The second kappa shape index (κ2) is 5.23. The monoisotopic (exact) mass is 251 g/mol. The van der Waals surface area contributed by atoms with Gasteiger partial charge in [0.2, 0.25) is 0 Å². The number of anilines is 1. The molecule has 1 aromatic heterocycles. The average molecular weight is 252 g/mol. The highest BCUT2D eigenvalue weighted by atomic mass is 35.5. The van der Waals surface area contributed by atoms with Crippen molar-refractivity contribution in [3.63, 3.8) is 0 Å². The second-order valence-electron chi connectivity index (χ2n) is 4.39. The highest BCUT2D eigenvalue weighted by molar-refractivity contribution is 5.85. The van der Waals surface area contributed by atoms with Gasteiger partial charge in [-0.1, -0.05) is 31.5 Å². The van der Waals surface area contributed by atoms with Crippen molar-refractivity contribution in [1.82, 2.24) is 9.78 Å². The van der Waals surface area contributed by atoms with E-state index in [1.807, 2.05) is 4.68 Å². The van der Waals surface area contributed by atoms with E-state index in [2.05, 4.69) is 50.1 Å². The molecular formula is C13H18ClN3. The van der Waals surface area contributed by atoms with Gasteiger partial charge in [-0.25, -0.2) is 4.68 Å². The quantitative estimate of drug-likeness (QED) is 0.890. The van der Waals surface area contributed by atoms with Gasteiger partial charge in [-0.3, -0.25) is 0 Å². The fourth-order valence-corrected chi connectivity index (χ4v) is 1.84. The second-order valence-corrected chi connectivity index (χ2v) is 4.39. The smallest absolute Gasteiger partial charge is 0.0740 e. The summed E-state index contributed by atoms with van der Waals surface area (Å²) >= 11 is 0. The number of aromatic nitrogens is 2. The van der Waals surface area contributed by atoms with E-state index in [0.717, 1.165) is 17.1 Å². The van der Waals surface area contributed by atoms with Gasteiger partial charge in [0.1, 0.15) is 0 Å². The molecule has 92 valence electrons. The Morgan fingerprint density at radius 2 is 1.76 bits per heavy atom. The van der Waals surface area contributed by atoms with Gasteiger partial charge < -0.3 is 5.73 Å². The van der Waals surface area contributed by atoms with Crippen molar-refractivity contribution in [2.24, 2.45) is 0 Å². The first-order valence-corrected chi connectivity index (χ1v) is 5.50. The lowest BCUT2D eigenvalue weighted by atomic mass is 10.1. The van der Waals surface area contributed by atoms with Crippen LogP contribution in [0.1, 0.15) is 31.0 Å². The Morgan fingerprint density at radius 3 is 2.29 bits per heavy atom. The number of aryl methyl sites for hydroxylation is 1. The van der Waals surface area contributed by atoms with Crippen LogP contribution in [0.4, 0.5) is 5.69 Å². The Hall–Kier alpha value is -1.48. The molecule has 0 bridgehead atoms. The van der Waals surface area contributed by atoms with Gasteiger partial charge in [0, 0.05) is 0 Å². The summed E-state index contributed by atoms with van der Waals surface area (Å²) in [6.45, 7) is 6.32. The number of hydrogen-bond acceptors (Lipinski definition) is 2. The highest BCUT2D eigenvalue weighted by Crippen LogP contribution is 2.24. The van der Waals surface area contributed by atoms with Crippen molar-refractivity contribution in [2.75, 3.05) is 5.73 Å². The van der Waals surface area contributed by atoms with Crippen LogP contribution >= 0.6 is 12.4 Å². The summed E-state index contributed by atoms with van der Waals surface area (Å²) in [5.74, 6) is 0.365. The van der Waals surface area contributed by atoms with Crippen LogP contribution in [0.2, 0.25) is 0 Å². The molecule has 0 saturated heterocycles. The molecule has 1 heterocycles. The van der Waals surface area contributed by atoms with E-state index in [-0.39, 0.29) is 12.4 Å². The van der Waals surface area contributed by atoms with Gasteiger partial charge in [0.25, 0.3) is 0 Å². The van der Waals surface area contributed by atoms with Gasteiger partial charge in [-0.15, -0.1) is 12.4 Å². The van der Waals surface area contributed by atoms with E-state index in [0.29, 0.717) is 5.92 Å². The average Bonchev–Trinajstić information content (AvgIpc) is 2.61. The third kappa shape index (κ3) is 2.61. The molecule has 0 saturated carbocycles. The Kier molecular flexibility index (Phi) is 4.18. The molecule has 0 atom stereocenters. The van der Waals surface area contributed by atoms with Crippen LogP contribution in [0, 0.1) is 6.92 Å². The topological polar surface area (TPSA) is 43.8 Å². The Bertz CT molecular complexity index is 486. The zero-order chi connectivity index (χ0) is 11.7. The molecule has 0 spiro atoms. The number of nitrogens with zero attached hydrogens (tertiary/aromatic N) is 2. The van der Waals surface area contributed by atoms with Gasteiger partial charge in [-0.2, -0.15) is 5.10 Å². The molecular weight excluding hydrogens is 234 g/mol. The molecule has 4 heteroatoms. The van der Waals surface area contributed by atoms with Crippen LogP contribution in [-0.4, -0.2) is 9.78 Å². The minimum absolute atomic E-state index is 0. The number of benzene rings is 1. The van der Waals surface area contributed by atoms with Crippen LogP contribution in [-0.2, 0) is 0 Å². The van der Waals surface area contributed by atoms with Crippen LogP contribution < -0.4 is 5.73 Å². The van der Waals surface area contributed by atoms with Crippen LogP contribution in [0.5, 0.6) is 0 Å². The zero-order valence-electron chi connectivity index (χ0n) is 10.3. The molecule has 0 aliphatic carbocycles. The van der Waals surface area contributed by atoms with Crippen molar-refractivity contribution in [3.05, 3.63) is 41.7 Å². The first-order valence-electron chi connectivity index (χ1n) is 5.50. The van der Waals surface area contributed by atoms with Gasteiger partial charge >= 0.3 is 0 Å². The van der Waals surface area contributed by atoms with Crippen LogP contribution in [0.15, 0.2) is 30.5 Å². The van der Waals surface area contributed by atoms with Crippen molar-refractivity contribution < 1.29 is 0 Å². The number of rotatable bonds is 2. The third-order valence-corrected chi connectivity index (χ3v) is 2.66. The molecule has 0 aliphatic rings. The molecule has 17 heavy (non-hydrogen) atoms. The normalized spacial score (nSPS) is 10.4. The van der Waals surface area contributed by atoms with E-state index >= 15 is 0 Å². The molecule has 2 aromatic rings. The minimum atomic E-state index is 0. The molecule has 2 N–H and O–H groups in total. The summed E-state index contributed by atoms with van der Waals surface area (Å²) < 4.78 is 1.92. The zero-order valence-corrected chi connectivity index (χ0v) is 11.2. The predicted molar refractivity (Wildman–Crippen MR) is 74.1 cm³/mol. The summed E-state index contributed by atoms with van der Waals surface area (Å²) in [4.78, 5) is 0. The maximum Gasteiger partial charge on any atom is 0.0740 e. The van der Waals surface area contributed by atoms with E-state index in [9.17, 15) is 0 Å². The van der Waals surface area contributed by atoms with E-state index < -0.39 is 0 Å². The maximum atomic E-state index is 5.93. The molecule has 3 nitrogen and oxygen atoms in total. The summed E-state index contributed by atoms with van der Waals surface area (Å²) in [5.41, 5.74) is 10.1. The fraction of sp³-hybridized carbons (Fsp3) is 0.308. The first kappa shape index (κ1) is 13.6. The summed E-state index contributed by atoms with van der Waals surface area (Å²) in [5, 5.41) is 4.33. The summed E-state index contributed by atoms with van der Waals surface area (Å²) in [6.07, 6.45) is 1.72. The number of nitrogens with two attached hydrogens (primary N) is 1. The molecule has 0 unspecified atom stereocenters. The minimum Gasteiger partial charge on any atom is -0.396 e. The first-order chi connectivity index (χ1) is 7.59. The van der Waals surface area contributed by atoms with Gasteiger partial charge in [-0.05, 0) is 25.0 Å². The Labute approximate surface area is 108 Å². The number of hydrogen-bond donors (Lipinski definition) is 1. The predicted octanol–water partition coefficient (Wildman–Crippen LogP) is 3.31. The van der Waals surface area contributed by atoms with E-state index in [4.69, 9.17) is 5.73 Å². The highest BCUT2D eigenvalue weighted by Gasteiger charge is 2.12. The molecule has 0 fully saturated rings. The van der Waals surface area contributed by atoms with Crippen LogP contribution in [0.25, 0.3) is 5.69 Å². The molecule has 0 aliphatic heterocycles. The lowest BCUT2D eigenvalue weighted by Crippen LogP contribution is -2.05. The maximum absolute atomic E-state index is 5.93. The van der Waals surface area contributed by atoms with Crippen molar-refractivity contribution in [1.29, 1.82) is 0 Å². The SMILES string of the molecule is Cc1ccc(-n2ncc(N)c2C(C)C)cc1.Cl. The Balaban J connectivity index is 0.00000144. The van der Waals surface area contributed by atoms with Crippen molar-refractivity contribution in [3.8, 4) is 5.69 Å². The van der Waals surface area contributed by atoms with Crippen molar-refractivity contribution in [2.45, 2.75) is 26.7 Å². The van der Waals surface area contributed by atoms with Gasteiger partial charge in [0.15, 0.2) is 0 Å². The van der Waals surface area contributed by atoms with Crippen LogP contribution in [0.3, 0.4) is 0 Å². The van der Waals surface area contributed by atoms with E-state index in [1.54, 1.807) is 6.20 Å². The standard InChI is InChI=1S/C13H17N3.ClH/c1-9(2)13-12(14)8-15-16(13)11-6-4-10(3)5-7-11;/h4-9H,14H2,1-3H3;1H. The summed E-state index contributed by atoms with van der Waals surface area (Å²) in [6, 6.07) is 8.29. The third-order valence-electron chi connectivity index (χ3n) is 2.66. The summed E-state index contributed by atoms with van der Waals surface area (Å²) in [7, 11) is 0. The molecule has 1 aromatic carbocycles. The number of nitrogen functional groups attached to an aromatic ring is 1. The Morgan fingerprint density at radius 1 is 1.18 bits per heavy atom. The lowest BCUT2D eigenvalue weighted by Gasteiger charge is -2.11.